The van der Waals surface area contributed by atoms with Crippen LogP contribution in [0.15, 0.2) is 48.9 Å². The van der Waals surface area contributed by atoms with E-state index < -0.39 is 5.91 Å². The number of primary amides is 1. The number of amides is 1. The van der Waals surface area contributed by atoms with Gasteiger partial charge in [-0.15, -0.1) is 0 Å². The molecule has 1 amide bonds. The molecular weight excluding hydrogens is 226 g/mol. The van der Waals surface area contributed by atoms with Crippen molar-refractivity contribution in [2.75, 3.05) is 0 Å². The molecule has 1 aromatic carbocycles. The molecule has 4 heteroatoms. The van der Waals surface area contributed by atoms with Crippen LogP contribution in [0.1, 0.15) is 10.4 Å². The van der Waals surface area contributed by atoms with Crippen LogP contribution in [0.2, 0.25) is 0 Å². The molecule has 0 fully saturated rings. The molecule has 0 saturated heterocycles. The Labute approximate surface area is 103 Å². The summed E-state index contributed by atoms with van der Waals surface area (Å²) < 4.78 is 0. The van der Waals surface area contributed by atoms with Gasteiger partial charge in [-0.25, -0.2) is 0 Å². The van der Waals surface area contributed by atoms with Gasteiger partial charge in [0.15, 0.2) is 0 Å². The van der Waals surface area contributed by atoms with Crippen molar-refractivity contribution in [3.63, 3.8) is 0 Å². The smallest absolute Gasteiger partial charge is 0.250 e. The van der Waals surface area contributed by atoms with E-state index in [1.807, 2.05) is 30.5 Å². The predicted molar refractivity (Wildman–Crippen MR) is 70.0 cm³/mol. The summed E-state index contributed by atoms with van der Waals surface area (Å²) in [7, 11) is 0. The summed E-state index contributed by atoms with van der Waals surface area (Å²) in [5.74, 6) is -0.430. The van der Waals surface area contributed by atoms with Crippen LogP contribution in [-0.2, 0) is 0 Å². The summed E-state index contributed by atoms with van der Waals surface area (Å²) in [6.45, 7) is 0. The molecule has 0 atom stereocenters. The molecule has 3 aromatic rings. The number of benzene rings is 1. The van der Waals surface area contributed by atoms with Crippen molar-refractivity contribution in [3.05, 3.63) is 54.5 Å². The number of nitrogens with zero attached hydrogens (tertiary/aromatic N) is 1. The van der Waals surface area contributed by atoms with Crippen LogP contribution in [-0.4, -0.2) is 15.9 Å². The highest BCUT2D eigenvalue weighted by molar-refractivity contribution is 6.00. The second-order valence-corrected chi connectivity index (χ2v) is 4.07. The monoisotopic (exact) mass is 237 g/mol. The largest absolute Gasteiger partial charge is 0.366 e. The highest BCUT2D eigenvalue weighted by Gasteiger charge is 2.11. The van der Waals surface area contributed by atoms with Crippen LogP contribution in [0.25, 0.3) is 22.0 Å². The third-order valence-electron chi connectivity index (χ3n) is 2.94. The average Bonchev–Trinajstić information content (AvgIpc) is 2.87. The first-order valence-electron chi connectivity index (χ1n) is 5.57. The molecule has 0 unspecified atom stereocenters. The highest BCUT2D eigenvalue weighted by Crippen LogP contribution is 2.25. The number of hydrogen-bond acceptors (Lipinski definition) is 2. The van der Waals surface area contributed by atoms with Gasteiger partial charge in [-0.2, -0.15) is 0 Å². The number of fused-ring (bicyclic) bond motifs is 1. The maximum atomic E-state index is 11.3. The molecule has 0 aliphatic carbocycles. The molecule has 2 heterocycles. The minimum atomic E-state index is -0.430. The van der Waals surface area contributed by atoms with Crippen molar-refractivity contribution in [1.29, 1.82) is 0 Å². The van der Waals surface area contributed by atoms with E-state index in [2.05, 4.69) is 9.97 Å². The minimum Gasteiger partial charge on any atom is -0.366 e. The number of H-pyrrole nitrogens is 1. The van der Waals surface area contributed by atoms with Gasteiger partial charge in [0, 0.05) is 24.0 Å². The third kappa shape index (κ3) is 1.64. The van der Waals surface area contributed by atoms with Gasteiger partial charge < -0.3 is 10.7 Å². The minimum absolute atomic E-state index is 0.430. The Kier molecular flexibility index (Phi) is 2.34. The van der Waals surface area contributed by atoms with Crippen LogP contribution < -0.4 is 5.73 Å². The van der Waals surface area contributed by atoms with Gasteiger partial charge in [0.05, 0.1) is 11.3 Å². The molecule has 0 aliphatic rings. The lowest BCUT2D eigenvalue weighted by Crippen LogP contribution is -2.11. The molecule has 3 rings (SSSR count). The summed E-state index contributed by atoms with van der Waals surface area (Å²) in [4.78, 5) is 18.4. The Bertz CT molecular complexity index is 730. The average molecular weight is 237 g/mol. The summed E-state index contributed by atoms with van der Waals surface area (Å²) in [5.41, 5.74) is 7.53. The normalized spacial score (nSPS) is 10.7. The van der Waals surface area contributed by atoms with Gasteiger partial charge in [-0.1, -0.05) is 12.1 Å². The number of pyridine rings is 1. The van der Waals surface area contributed by atoms with E-state index in [1.165, 1.54) is 0 Å². The summed E-state index contributed by atoms with van der Waals surface area (Å²) in [5, 5.41) is 2.14. The maximum absolute atomic E-state index is 11.3. The maximum Gasteiger partial charge on any atom is 0.250 e. The number of nitrogens with one attached hydrogen (secondary N) is 1. The topological polar surface area (TPSA) is 71.8 Å². The van der Waals surface area contributed by atoms with Gasteiger partial charge in [0.25, 0.3) is 5.91 Å². The first kappa shape index (κ1) is 10.5. The van der Waals surface area contributed by atoms with Crippen molar-refractivity contribution in [2.24, 2.45) is 5.73 Å². The lowest BCUT2D eigenvalue weighted by atomic mass is 10.0. The Balaban J connectivity index is 2.19. The fraction of sp³-hybridized carbons (Fsp3) is 0. The van der Waals surface area contributed by atoms with Gasteiger partial charge in [-0.3, -0.25) is 9.78 Å². The second-order valence-electron chi connectivity index (χ2n) is 4.07. The number of rotatable bonds is 2. The molecule has 2 aromatic heterocycles. The van der Waals surface area contributed by atoms with E-state index in [0.29, 0.717) is 5.56 Å². The van der Waals surface area contributed by atoms with Crippen LogP contribution in [0, 0.1) is 0 Å². The summed E-state index contributed by atoms with van der Waals surface area (Å²) >= 11 is 0. The number of carbonyl (C=O) groups is 1. The lowest BCUT2D eigenvalue weighted by molar-refractivity contribution is 0.100. The van der Waals surface area contributed by atoms with E-state index in [-0.39, 0.29) is 0 Å². The Morgan fingerprint density at radius 3 is 2.89 bits per heavy atom. The number of aromatic amines is 1. The van der Waals surface area contributed by atoms with Gasteiger partial charge in [-0.05, 0) is 29.1 Å². The molecule has 0 radical (unpaired) electrons. The standard InChI is InChI=1S/C14H11N3O/c15-14(18)12-4-6-17-13(12)10-1-2-11-8-16-5-3-9(11)7-10/h1-8,17H,(H2,15,18). The summed E-state index contributed by atoms with van der Waals surface area (Å²) in [6.07, 6.45) is 5.27. The van der Waals surface area contributed by atoms with E-state index in [1.54, 1.807) is 18.5 Å². The first-order chi connectivity index (χ1) is 8.75. The zero-order valence-electron chi connectivity index (χ0n) is 9.55. The van der Waals surface area contributed by atoms with Gasteiger partial charge >= 0.3 is 0 Å². The molecule has 4 nitrogen and oxygen atoms in total. The number of aromatic nitrogens is 2. The van der Waals surface area contributed by atoms with Crippen LogP contribution in [0.5, 0.6) is 0 Å². The second kappa shape index (κ2) is 4.00. The molecule has 88 valence electrons. The van der Waals surface area contributed by atoms with Crippen LogP contribution in [0.3, 0.4) is 0 Å². The molecule has 0 saturated carbocycles. The molecule has 0 aliphatic heterocycles. The van der Waals surface area contributed by atoms with E-state index in [4.69, 9.17) is 5.73 Å². The first-order valence-corrected chi connectivity index (χ1v) is 5.57. The van der Waals surface area contributed by atoms with Gasteiger partial charge in [0.2, 0.25) is 0 Å². The number of carbonyl (C=O) groups excluding carboxylic acids is 1. The number of hydrogen-bond donors (Lipinski definition) is 2. The van der Waals surface area contributed by atoms with Gasteiger partial charge in [0.1, 0.15) is 0 Å². The Morgan fingerprint density at radius 1 is 1.17 bits per heavy atom. The Morgan fingerprint density at radius 2 is 2.06 bits per heavy atom. The Hall–Kier alpha value is -2.62. The zero-order chi connectivity index (χ0) is 12.5. The third-order valence-corrected chi connectivity index (χ3v) is 2.94. The zero-order valence-corrected chi connectivity index (χ0v) is 9.55. The molecule has 0 bridgehead atoms. The molecule has 3 N–H and O–H groups in total. The van der Waals surface area contributed by atoms with E-state index in [0.717, 1.165) is 22.0 Å². The SMILES string of the molecule is NC(=O)c1cc[nH]c1-c1ccc2cnccc2c1. The van der Waals surface area contributed by atoms with Crippen molar-refractivity contribution in [2.45, 2.75) is 0 Å². The van der Waals surface area contributed by atoms with Crippen molar-refractivity contribution < 1.29 is 4.79 Å². The number of nitrogens with two attached hydrogens (primary N) is 1. The molecule has 0 spiro atoms. The molecular formula is C14H11N3O. The fourth-order valence-corrected chi connectivity index (χ4v) is 2.05. The predicted octanol–water partition coefficient (Wildman–Crippen LogP) is 2.33. The highest BCUT2D eigenvalue weighted by atomic mass is 16.1. The lowest BCUT2D eigenvalue weighted by Gasteiger charge is -2.03. The van der Waals surface area contributed by atoms with Crippen LogP contribution >= 0.6 is 0 Å². The molecule has 18 heavy (non-hydrogen) atoms. The van der Waals surface area contributed by atoms with E-state index >= 15 is 0 Å². The van der Waals surface area contributed by atoms with E-state index in [9.17, 15) is 4.79 Å². The van der Waals surface area contributed by atoms with Crippen molar-refractivity contribution in [3.8, 4) is 11.3 Å². The van der Waals surface area contributed by atoms with Crippen LogP contribution in [0.4, 0.5) is 0 Å². The van der Waals surface area contributed by atoms with Crippen molar-refractivity contribution >= 4 is 16.7 Å². The van der Waals surface area contributed by atoms with Crippen molar-refractivity contribution in [1.82, 2.24) is 9.97 Å². The quantitative estimate of drug-likeness (QED) is 0.718. The summed E-state index contributed by atoms with van der Waals surface area (Å²) in [6, 6.07) is 9.56. The fourth-order valence-electron chi connectivity index (χ4n) is 2.05.